The van der Waals surface area contributed by atoms with Crippen LogP contribution in [0.15, 0.2) is 24.3 Å². The van der Waals surface area contributed by atoms with E-state index in [4.69, 9.17) is 0 Å². The van der Waals surface area contributed by atoms with Gasteiger partial charge in [-0.3, -0.25) is 0 Å². The molecule has 0 bridgehead atoms. The molecule has 0 radical (unpaired) electrons. The van der Waals surface area contributed by atoms with Gasteiger partial charge in [0.05, 0.1) is 0 Å². The van der Waals surface area contributed by atoms with E-state index in [-0.39, 0.29) is 5.82 Å². The second-order valence-electron chi connectivity index (χ2n) is 4.87. The molecule has 0 spiro atoms. The van der Waals surface area contributed by atoms with Crippen molar-refractivity contribution in [2.45, 2.75) is 39.7 Å². The highest BCUT2D eigenvalue weighted by Crippen LogP contribution is 2.18. The van der Waals surface area contributed by atoms with Gasteiger partial charge in [-0.2, -0.15) is 0 Å². The summed E-state index contributed by atoms with van der Waals surface area (Å²) >= 11 is 0. The van der Waals surface area contributed by atoms with E-state index in [1.54, 1.807) is 12.1 Å². The van der Waals surface area contributed by atoms with Gasteiger partial charge in [-0.05, 0) is 56.7 Å². The molecule has 1 aromatic rings. The number of hydrogen-bond donors (Lipinski definition) is 1. The largest absolute Gasteiger partial charge is 0.310 e. The minimum atomic E-state index is -0.165. The smallest absolute Gasteiger partial charge is 0.123 e. The summed E-state index contributed by atoms with van der Waals surface area (Å²) in [7, 11) is 0. The molecular weight excluding hydrogens is 239 g/mol. The molecule has 0 saturated carbocycles. The van der Waals surface area contributed by atoms with Crippen molar-refractivity contribution in [2.75, 3.05) is 26.2 Å². The molecule has 2 nitrogen and oxygen atoms in total. The molecule has 0 heterocycles. The van der Waals surface area contributed by atoms with Crippen LogP contribution in [0, 0.1) is 5.82 Å². The normalized spacial score (nSPS) is 12.9. The molecule has 1 aromatic carbocycles. The van der Waals surface area contributed by atoms with Crippen LogP contribution < -0.4 is 5.32 Å². The molecule has 108 valence electrons. The van der Waals surface area contributed by atoms with E-state index < -0.39 is 0 Å². The maximum absolute atomic E-state index is 13.0. The van der Waals surface area contributed by atoms with Crippen LogP contribution in [0.4, 0.5) is 4.39 Å². The molecule has 1 atom stereocenters. The molecule has 0 fully saturated rings. The van der Waals surface area contributed by atoms with E-state index in [9.17, 15) is 4.39 Å². The van der Waals surface area contributed by atoms with Gasteiger partial charge in [0, 0.05) is 6.04 Å². The SMILES string of the molecule is CCCNC(CCN(CC)CC)c1ccc(F)cc1. The third-order valence-electron chi connectivity index (χ3n) is 3.54. The number of hydrogen-bond acceptors (Lipinski definition) is 2. The highest BCUT2D eigenvalue weighted by atomic mass is 19.1. The van der Waals surface area contributed by atoms with Gasteiger partial charge >= 0.3 is 0 Å². The van der Waals surface area contributed by atoms with Gasteiger partial charge in [0.2, 0.25) is 0 Å². The van der Waals surface area contributed by atoms with Crippen LogP contribution in [0.25, 0.3) is 0 Å². The van der Waals surface area contributed by atoms with Crippen LogP contribution in [0.5, 0.6) is 0 Å². The molecule has 0 aliphatic rings. The van der Waals surface area contributed by atoms with Crippen LogP contribution >= 0.6 is 0 Å². The average Bonchev–Trinajstić information content (AvgIpc) is 2.44. The first-order chi connectivity index (χ1) is 9.21. The first kappa shape index (κ1) is 16.1. The minimum absolute atomic E-state index is 0.165. The lowest BCUT2D eigenvalue weighted by atomic mass is 10.0. The summed E-state index contributed by atoms with van der Waals surface area (Å²) in [5.74, 6) is -0.165. The Labute approximate surface area is 117 Å². The van der Waals surface area contributed by atoms with Gasteiger partial charge in [-0.15, -0.1) is 0 Å². The Balaban J connectivity index is 2.63. The Morgan fingerprint density at radius 2 is 1.74 bits per heavy atom. The van der Waals surface area contributed by atoms with Crippen molar-refractivity contribution in [3.63, 3.8) is 0 Å². The molecular formula is C16H27FN2. The fraction of sp³-hybridized carbons (Fsp3) is 0.625. The van der Waals surface area contributed by atoms with Gasteiger partial charge in [0.15, 0.2) is 0 Å². The van der Waals surface area contributed by atoms with Crippen LogP contribution in [-0.4, -0.2) is 31.1 Å². The maximum Gasteiger partial charge on any atom is 0.123 e. The first-order valence-corrected chi connectivity index (χ1v) is 7.42. The molecule has 0 aliphatic heterocycles. The van der Waals surface area contributed by atoms with Gasteiger partial charge in [0.25, 0.3) is 0 Å². The number of nitrogens with zero attached hydrogens (tertiary/aromatic N) is 1. The molecule has 1 unspecified atom stereocenters. The fourth-order valence-corrected chi connectivity index (χ4v) is 2.25. The van der Waals surface area contributed by atoms with E-state index in [0.29, 0.717) is 6.04 Å². The summed E-state index contributed by atoms with van der Waals surface area (Å²) in [6, 6.07) is 7.21. The average molecular weight is 266 g/mol. The van der Waals surface area contributed by atoms with Crippen molar-refractivity contribution >= 4 is 0 Å². The molecule has 19 heavy (non-hydrogen) atoms. The maximum atomic E-state index is 13.0. The zero-order chi connectivity index (χ0) is 14.1. The highest BCUT2D eigenvalue weighted by Gasteiger charge is 2.12. The van der Waals surface area contributed by atoms with Gasteiger partial charge in [0.1, 0.15) is 5.82 Å². The van der Waals surface area contributed by atoms with Crippen LogP contribution in [-0.2, 0) is 0 Å². The first-order valence-electron chi connectivity index (χ1n) is 7.42. The van der Waals surface area contributed by atoms with Crippen LogP contribution in [0.2, 0.25) is 0 Å². The zero-order valence-corrected chi connectivity index (χ0v) is 12.5. The topological polar surface area (TPSA) is 15.3 Å². The summed E-state index contributed by atoms with van der Waals surface area (Å²) < 4.78 is 13.0. The predicted molar refractivity (Wildman–Crippen MR) is 79.8 cm³/mol. The van der Waals surface area contributed by atoms with E-state index in [1.165, 1.54) is 5.56 Å². The second-order valence-corrected chi connectivity index (χ2v) is 4.87. The van der Waals surface area contributed by atoms with Crippen molar-refractivity contribution < 1.29 is 4.39 Å². The van der Waals surface area contributed by atoms with Crippen LogP contribution in [0.3, 0.4) is 0 Å². The van der Waals surface area contributed by atoms with Crippen molar-refractivity contribution in [1.29, 1.82) is 0 Å². The monoisotopic (exact) mass is 266 g/mol. The lowest BCUT2D eigenvalue weighted by Gasteiger charge is -2.24. The third-order valence-corrected chi connectivity index (χ3v) is 3.54. The quantitative estimate of drug-likeness (QED) is 0.734. The lowest BCUT2D eigenvalue weighted by molar-refractivity contribution is 0.282. The van der Waals surface area contributed by atoms with Gasteiger partial charge in [-0.1, -0.05) is 32.9 Å². The summed E-state index contributed by atoms with van der Waals surface area (Å²) in [6.07, 6.45) is 2.18. The Morgan fingerprint density at radius 3 is 2.26 bits per heavy atom. The Bertz CT molecular complexity index is 333. The van der Waals surface area contributed by atoms with E-state index in [1.807, 2.05) is 12.1 Å². The Hall–Kier alpha value is -0.930. The van der Waals surface area contributed by atoms with Crippen molar-refractivity contribution in [3.05, 3.63) is 35.6 Å². The standard InChI is InChI=1S/C16H27FN2/c1-4-12-18-16(11-13-19(5-2)6-3)14-7-9-15(17)10-8-14/h7-10,16,18H,4-6,11-13H2,1-3H3. The van der Waals surface area contributed by atoms with Crippen molar-refractivity contribution in [2.24, 2.45) is 0 Å². The Morgan fingerprint density at radius 1 is 1.11 bits per heavy atom. The molecule has 0 aliphatic carbocycles. The molecule has 0 saturated heterocycles. The molecule has 1 N–H and O–H groups in total. The van der Waals surface area contributed by atoms with Gasteiger partial charge in [-0.25, -0.2) is 4.39 Å². The summed E-state index contributed by atoms with van der Waals surface area (Å²) in [6.45, 7) is 10.8. The number of rotatable bonds is 9. The fourth-order valence-electron chi connectivity index (χ4n) is 2.25. The Kier molecular flexibility index (Phi) is 7.68. The highest BCUT2D eigenvalue weighted by molar-refractivity contribution is 5.19. The summed E-state index contributed by atoms with van der Waals surface area (Å²) in [5, 5.41) is 3.56. The number of benzene rings is 1. The van der Waals surface area contributed by atoms with Crippen molar-refractivity contribution in [3.8, 4) is 0 Å². The molecule has 0 aromatic heterocycles. The number of nitrogens with one attached hydrogen (secondary N) is 1. The minimum Gasteiger partial charge on any atom is -0.310 e. The number of halogens is 1. The van der Waals surface area contributed by atoms with E-state index in [0.717, 1.165) is 39.0 Å². The summed E-state index contributed by atoms with van der Waals surface area (Å²) in [5.41, 5.74) is 1.18. The molecule has 3 heteroatoms. The molecule has 1 rings (SSSR count). The third kappa shape index (κ3) is 5.70. The van der Waals surface area contributed by atoms with E-state index in [2.05, 4.69) is 31.0 Å². The second kappa shape index (κ2) is 9.05. The van der Waals surface area contributed by atoms with Gasteiger partial charge < -0.3 is 10.2 Å². The summed E-state index contributed by atoms with van der Waals surface area (Å²) in [4.78, 5) is 2.42. The predicted octanol–water partition coefficient (Wildman–Crippen LogP) is 3.60. The lowest BCUT2D eigenvalue weighted by Crippen LogP contribution is -2.29. The van der Waals surface area contributed by atoms with Crippen molar-refractivity contribution in [1.82, 2.24) is 10.2 Å². The van der Waals surface area contributed by atoms with Crippen LogP contribution in [0.1, 0.15) is 45.2 Å². The molecule has 0 amide bonds. The van der Waals surface area contributed by atoms with E-state index >= 15 is 0 Å². The zero-order valence-electron chi connectivity index (χ0n) is 12.5.